The third-order valence-electron chi connectivity index (χ3n) is 1.74. The fourth-order valence-electron chi connectivity index (χ4n) is 1.16. The molecule has 0 aromatic heterocycles. The first-order valence-corrected chi connectivity index (χ1v) is 5.20. The summed E-state index contributed by atoms with van der Waals surface area (Å²) >= 11 is 2.13. The average molecular weight is 301 g/mol. The summed E-state index contributed by atoms with van der Waals surface area (Å²) in [5, 5.41) is 20.6. The monoisotopic (exact) mass is 301 g/mol. The molecule has 5 nitrogen and oxygen atoms in total. The normalized spacial score (nSPS) is 31.0. The van der Waals surface area contributed by atoms with E-state index < -0.39 is 12.3 Å². The van der Waals surface area contributed by atoms with Gasteiger partial charge >= 0.3 is 5.97 Å². The number of alkyl halides is 1. The van der Waals surface area contributed by atoms with Crippen molar-refractivity contribution in [3.63, 3.8) is 0 Å². The second-order valence-corrected chi connectivity index (χ2v) is 4.85. The number of carboxylic acids is 1. The maximum atomic E-state index is 10.5. The van der Waals surface area contributed by atoms with Crippen LogP contribution in [0.15, 0.2) is 0 Å². The van der Waals surface area contributed by atoms with Crippen LogP contribution in [0.2, 0.25) is 0 Å². The molecule has 1 aliphatic heterocycles. The van der Waals surface area contributed by atoms with E-state index in [1.807, 2.05) is 6.92 Å². The van der Waals surface area contributed by atoms with Gasteiger partial charge in [-0.25, -0.2) is 0 Å². The van der Waals surface area contributed by atoms with Crippen LogP contribution >= 0.6 is 22.6 Å². The lowest BCUT2D eigenvalue weighted by Crippen LogP contribution is -2.39. The Labute approximate surface area is 89.6 Å². The number of nitrogens with one attached hydrogen (secondary N) is 1. The molecule has 4 unspecified atom stereocenters. The molecular formula is C7H12INO4. The van der Waals surface area contributed by atoms with Crippen molar-refractivity contribution in [3.05, 3.63) is 0 Å². The van der Waals surface area contributed by atoms with Crippen molar-refractivity contribution in [1.29, 1.82) is 0 Å². The lowest BCUT2D eigenvalue weighted by atomic mass is 10.1. The highest BCUT2D eigenvalue weighted by atomic mass is 127. The number of carboxylic acid groups (broad SMARTS) is 1. The van der Waals surface area contributed by atoms with Gasteiger partial charge in [-0.15, -0.1) is 0 Å². The summed E-state index contributed by atoms with van der Waals surface area (Å²) in [7, 11) is 0. The number of carbonyl (C=O) groups is 1. The van der Waals surface area contributed by atoms with E-state index in [0.717, 1.165) is 0 Å². The Morgan fingerprint density at radius 2 is 2.31 bits per heavy atom. The standard InChI is InChI=1S/C7H12INO4/c1-3(8)9-4(2-5(10)11)6-7(12)13-6/h3-4,6-7,9,12H,2H2,1H3,(H,10,11). The molecule has 1 saturated heterocycles. The summed E-state index contributed by atoms with van der Waals surface area (Å²) in [6, 6.07) is -0.306. The average Bonchev–Trinajstić information content (AvgIpc) is 2.63. The molecule has 76 valence electrons. The molecule has 4 atom stereocenters. The molecule has 0 saturated carbocycles. The predicted molar refractivity (Wildman–Crippen MR) is 53.5 cm³/mol. The van der Waals surface area contributed by atoms with E-state index in [2.05, 4.69) is 27.9 Å². The van der Waals surface area contributed by atoms with Gasteiger partial charge in [-0.3, -0.25) is 10.1 Å². The Morgan fingerprint density at radius 1 is 1.77 bits per heavy atom. The number of aliphatic hydroxyl groups excluding tert-OH is 1. The number of aliphatic hydroxyl groups is 1. The lowest BCUT2D eigenvalue weighted by molar-refractivity contribution is -0.137. The second-order valence-electron chi connectivity index (χ2n) is 2.98. The largest absolute Gasteiger partial charge is 0.481 e. The summed E-state index contributed by atoms with van der Waals surface area (Å²) in [4.78, 5) is 10.5. The Morgan fingerprint density at radius 3 is 2.62 bits per heavy atom. The van der Waals surface area contributed by atoms with Crippen LogP contribution in [-0.4, -0.2) is 38.7 Å². The van der Waals surface area contributed by atoms with Crippen LogP contribution in [0.5, 0.6) is 0 Å². The topological polar surface area (TPSA) is 82.1 Å². The minimum absolute atomic E-state index is 0.0327. The maximum Gasteiger partial charge on any atom is 0.305 e. The van der Waals surface area contributed by atoms with Gasteiger partial charge in [-0.1, -0.05) is 22.6 Å². The third-order valence-corrected chi connectivity index (χ3v) is 2.10. The van der Waals surface area contributed by atoms with Crippen LogP contribution in [0, 0.1) is 0 Å². The zero-order chi connectivity index (χ0) is 10.0. The molecule has 3 N–H and O–H groups in total. The highest BCUT2D eigenvalue weighted by Crippen LogP contribution is 2.25. The van der Waals surface area contributed by atoms with Crippen LogP contribution in [0.4, 0.5) is 0 Å². The number of aliphatic carboxylic acids is 1. The molecule has 1 fully saturated rings. The number of hydrogen-bond donors (Lipinski definition) is 3. The minimum Gasteiger partial charge on any atom is -0.481 e. The number of epoxide rings is 1. The van der Waals surface area contributed by atoms with Crippen molar-refractivity contribution in [3.8, 4) is 0 Å². The van der Waals surface area contributed by atoms with E-state index in [-0.39, 0.29) is 22.6 Å². The Balaban J connectivity index is 2.40. The summed E-state index contributed by atoms with van der Waals surface area (Å²) in [6.45, 7) is 1.91. The van der Waals surface area contributed by atoms with Gasteiger partial charge in [-0.2, -0.15) is 0 Å². The molecule has 0 aromatic rings. The number of ether oxygens (including phenoxy) is 1. The number of halogens is 1. The molecule has 1 rings (SSSR count). The molecule has 0 aliphatic carbocycles. The summed E-state index contributed by atoms with van der Waals surface area (Å²) in [5.74, 6) is -0.891. The second kappa shape index (κ2) is 4.54. The van der Waals surface area contributed by atoms with Gasteiger partial charge in [-0.05, 0) is 6.92 Å². The van der Waals surface area contributed by atoms with Crippen LogP contribution in [-0.2, 0) is 9.53 Å². The highest BCUT2D eigenvalue weighted by molar-refractivity contribution is 14.1. The van der Waals surface area contributed by atoms with Crippen LogP contribution in [0.3, 0.4) is 0 Å². The highest BCUT2D eigenvalue weighted by Gasteiger charge is 2.44. The summed E-state index contributed by atoms with van der Waals surface area (Å²) in [6.07, 6.45) is -1.20. The van der Waals surface area contributed by atoms with E-state index in [0.29, 0.717) is 0 Å². The fourth-order valence-corrected chi connectivity index (χ4v) is 1.62. The SMILES string of the molecule is CC(I)NC(CC(=O)O)C1OC1O. The molecule has 1 aliphatic rings. The summed E-state index contributed by atoms with van der Waals surface area (Å²) in [5.41, 5.74) is 0. The molecule has 0 radical (unpaired) electrons. The third kappa shape index (κ3) is 3.75. The number of rotatable bonds is 5. The predicted octanol–water partition coefficient (Wildman–Crippen LogP) is -0.0825. The zero-order valence-electron chi connectivity index (χ0n) is 7.11. The van der Waals surface area contributed by atoms with Crippen molar-refractivity contribution in [1.82, 2.24) is 5.32 Å². The van der Waals surface area contributed by atoms with Gasteiger partial charge in [0.15, 0.2) is 6.29 Å². The van der Waals surface area contributed by atoms with Crippen molar-refractivity contribution in [2.45, 2.75) is 35.8 Å². The van der Waals surface area contributed by atoms with E-state index in [1.54, 1.807) is 0 Å². The van der Waals surface area contributed by atoms with Crippen LogP contribution < -0.4 is 5.32 Å². The first kappa shape index (κ1) is 11.2. The Kier molecular flexibility index (Phi) is 3.89. The van der Waals surface area contributed by atoms with Gasteiger partial charge in [0, 0.05) is 6.04 Å². The van der Waals surface area contributed by atoms with Gasteiger partial charge in [0.05, 0.1) is 10.5 Å². The number of hydrogen-bond acceptors (Lipinski definition) is 4. The van der Waals surface area contributed by atoms with Crippen LogP contribution in [0.25, 0.3) is 0 Å². The molecule has 13 heavy (non-hydrogen) atoms. The molecule has 6 heteroatoms. The molecule has 0 spiro atoms. The van der Waals surface area contributed by atoms with E-state index >= 15 is 0 Å². The Hall–Kier alpha value is 0.0800. The molecule has 1 heterocycles. The van der Waals surface area contributed by atoms with Gasteiger partial charge in [0.1, 0.15) is 6.10 Å². The molecular weight excluding hydrogens is 289 g/mol. The molecule has 0 bridgehead atoms. The van der Waals surface area contributed by atoms with Gasteiger partial charge in [0.25, 0.3) is 0 Å². The quantitative estimate of drug-likeness (QED) is 0.286. The van der Waals surface area contributed by atoms with Crippen LogP contribution in [0.1, 0.15) is 13.3 Å². The smallest absolute Gasteiger partial charge is 0.305 e. The first-order chi connectivity index (χ1) is 6.00. The zero-order valence-corrected chi connectivity index (χ0v) is 9.26. The van der Waals surface area contributed by atoms with E-state index in [9.17, 15) is 4.79 Å². The maximum absolute atomic E-state index is 10.5. The van der Waals surface area contributed by atoms with E-state index in [4.69, 9.17) is 14.9 Å². The van der Waals surface area contributed by atoms with Crippen molar-refractivity contribution in [2.75, 3.05) is 0 Å². The van der Waals surface area contributed by atoms with Crippen molar-refractivity contribution in [2.24, 2.45) is 0 Å². The Bertz CT molecular complexity index is 199. The van der Waals surface area contributed by atoms with Gasteiger partial charge < -0.3 is 14.9 Å². The lowest BCUT2D eigenvalue weighted by Gasteiger charge is -2.15. The molecule has 0 aromatic carbocycles. The first-order valence-electron chi connectivity index (χ1n) is 3.96. The van der Waals surface area contributed by atoms with E-state index in [1.165, 1.54) is 0 Å². The fraction of sp³-hybridized carbons (Fsp3) is 0.857. The van der Waals surface area contributed by atoms with Crippen molar-refractivity contribution < 1.29 is 19.7 Å². The van der Waals surface area contributed by atoms with Crippen molar-refractivity contribution >= 4 is 28.6 Å². The van der Waals surface area contributed by atoms with Gasteiger partial charge in [0.2, 0.25) is 0 Å². The minimum atomic E-state index is -0.891. The summed E-state index contributed by atoms with van der Waals surface area (Å²) < 4.78 is 4.96. The molecule has 0 amide bonds.